The summed E-state index contributed by atoms with van der Waals surface area (Å²) < 4.78 is 0. The van der Waals surface area contributed by atoms with Gasteiger partial charge in [-0.05, 0) is 55.9 Å². The minimum absolute atomic E-state index is 0.128. The summed E-state index contributed by atoms with van der Waals surface area (Å²) in [5, 5.41) is 8.15. The van der Waals surface area contributed by atoms with Gasteiger partial charge < -0.3 is 4.90 Å². The maximum Gasteiger partial charge on any atom is 0.226 e. The van der Waals surface area contributed by atoms with E-state index in [4.69, 9.17) is 11.6 Å². The molecule has 2 aliphatic rings. The molecule has 1 aliphatic carbocycles. The standard InChI is InChI=1S/C19H22ClN3O/c1-12-8-18(22-21-12)14-5-3-7-23(11-14)19(24)17-10-16(17)13-4-2-6-15(20)9-13/h2,4,6,8-9,14,16-17H,3,5,7,10-11H2,1H3,(H,21,22)/t14-,16+,17-/m1/s1. The molecule has 1 aromatic heterocycles. The number of nitrogens with one attached hydrogen (secondary N) is 1. The fraction of sp³-hybridized carbons (Fsp3) is 0.474. The van der Waals surface area contributed by atoms with Gasteiger partial charge in [-0.15, -0.1) is 0 Å². The van der Waals surface area contributed by atoms with E-state index in [2.05, 4.69) is 22.3 Å². The molecule has 24 heavy (non-hydrogen) atoms. The molecule has 1 aliphatic heterocycles. The summed E-state index contributed by atoms with van der Waals surface area (Å²) >= 11 is 6.08. The Morgan fingerprint density at radius 3 is 3.00 bits per heavy atom. The Morgan fingerprint density at radius 1 is 1.38 bits per heavy atom. The van der Waals surface area contributed by atoms with Crippen molar-refractivity contribution in [2.75, 3.05) is 13.1 Å². The Morgan fingerprint density at radius 2 is 2.25 bits per heavy atom. The van der Waals surface area contributed by atoms with E-state index in [-0.39, 0.29) is 5.92 Å². The third-order valence-corrected chi connectivity index (χ3v) is 5.50. The van der Waals surface area contributed by atoms with Gasteiger partial charge in [-0.3, -0.25) is 9.89 Å². The van der Waals surface area contributed by atoms with E-state index in [0.29, 0.717) is 17.7 Å². The lowest BCUT2D eigenvalue weighted by atomic mass is 9.94. The van der Waals surface area contributed by atoms with E-state index >= 15 is 0 Å². The number of rotatable bonds is 3. The van der Waals surface area contributed by atoms with E-state index in [1.807, 2.05) is 30.0 Å². The zero-order chi connectivity index (χ0) is 16.7. The molecule has 1 aromatic carbocycles. The van der Waals surface area contributed by atoms with E-state index in [1.165, 1.54) is 5.56 Å². The van der Waals surface area contributed by atoms with Crippen LogP contribution in [0.1, 0.15) is 48.0 Å². The van der Waals surface area contributed by atoms with E-state index in [0.717, 1.165) is 48.8 Å². The molecule has 4 rings (SSSR count). The molecule has 3 atom stereocenters. The van der Waals surface area contributed by atoms with Crippen LogP contribution in [-0.4, -0.2) is 34.1 Å². The van der Waals surface area contributed by atoms with Crippen molar-refractivity contribution in [1.82, 2.24) is 15.1 Å². The van der Waals surface area contributed by atoms with Gasteiger partial charge in [0.15, 0.2) is 0 Å². The Bertz CT molecular complexity index is 757. The van der Waals surface area contributed by atoms with Crippen molar-refractivity contribution in [3.8, 4) is 0 Å². The lowest BCUT2D eigenvalue weighted by molar-refractivity contribution is -0.133. The van der Waals surface area contributed by atoms with Gasteiger partial charge in [0.2, 0.25) is 5.91 Å². The molecule has 1 saturated heterocycles. The summed E-state index contributed by atoms with van der Waals surface area (Å²) in [6, 6.07) is 10.0. The smallest absolute Gasteiger partial charge is 0.226 e. The number of aromatic nitrogens is 2. The van der Waals surface area contributed by atoms with Gasteiger partial charge in [0.05, 0.1) is 5.69 Å². The maximum absolute atomic E-state index is 12.9. The molecule has 0 radical (unpaired) electrons. The van der Waals surface area contributed by atoms with Crippen molar-refractivity contribution >= 4 is 17.5 Å². The van der Waals surface area contributed by atoms with Gasteiger partial charge in [0.25, 0.3) is 0 Å². The molecule has 126 valence electrons. The predicted octanol–water partition coefficient (Wildman–Crippen LogP) is 3.88. The summed E-state index contributed by atoms with van der Waals surface area (Å²) in [6.45, 7) is 3.68. The molecule has 0 spiro atoms. The highest BCUT2D eigenvalue weighted by atomic mass is 35.5. The summed E-state index contributed by atoms with van der Waals surface area (Å²) in [7, 11) is 0. The fourth-order valence-electron chi connectivity index (χ4n) is 3.88. The van der Waals surface area contributed by atoms with Crippen LogP contribution in [0.5, 0.6) is 0 Å². The Hall–Kier alpha value is -1.81. The SMILES string of the molecule is Cc1cc([C@@H]2CCCN(C(=O)[C@@H]3C[C@H]3c3cccc(Cl)c3)C2)n[nH]1. The van der Waals surface area contributed by atoms with Crippen LogP contribution in [0.15, 0.2) is 30.3 Å². The molecule has 2 aromatic rings. The molecule has 1 N–H and O–H groups in total. The number of piperidine rings is 1. The molecule has 0 bridgehead atoms. The number of benzene rings is 1. The molecule has 4 nitrogen and oxygen atoms in total. The molecule has 2 heterocycles. The number of H-pyrrole nitrogens is 1. The summed E-state index contributed by atoms with van der Waals surface area (Å²) in [4.78, 5) is 14.9. The highest BCUT2D eigenvalue weighted by molar-refractivity contribution is 6.30. The predicted molar refractivity (Wildman–Crippen MR) is 94.2 cm³/mol. The summed E-state index contributed by atoms with van der Waals surface area (Å²) in [5.74, 6) is 1.13. The third kappa shape index (κ3) is 3.07. The van der Waals surface area contributed by atoms with Crippen molar-refractivity contribution in [2.45, 2.75) is 38.0 Å². The monoisotopic (exact) mass is 343 g/mol. The normalized spacial score (nSPS) is 26.4. The van der Waals surface area contributed by atoms with E-state index < -0.39 is 0 Å². The van der Waals surface area contributed by atoms with Crippen LogP contribution in [0.3, 0.4) is 0 Å². The second-order valence-electron chi connectivity index (χ2n) is 7.10. The quantitative estimate of drug-likeness (QED) is 0.919. The van der Waals surface area contributed by atoms with Crippen molar-refractivity contribution in [1.29, 1.82) is 0 Å². The first-order valence-corrected chi connectivity index (χ1v) is 9.06. The number of halogens is 1. The fourth-order valence-corrected chi connectivity index (χ4v) is 4.07. The average molecular weight is 344 g/mol. The lowest BCUT2D eigenvalue weighted by Crippen LogP contribution is -2.40. The molecular weight excluding hydrogens is 322 g/mol. The lowest BCUT2D eigenvalue weighted by Gasteiger charge is -2.32. The van der Waals surface area contributed by atoms with Gasteiger partial charge in [-0.25, -0.2) is 0 Å². The summed E-state index contributed by atoms with van der Waals surface area (Å²) in [6.07, 6.45) is 3.11. The van der Waals surface area contributed by atoms with Gasteiger partial charge in [0, 0.05) is 35.6 Å². The van der Waals surface area contributed by atoms with E-state index in [1.54, 1.807) is 0 Å². The van der Waals surface area contributed by atoms with Gasteiger partial charge in [-0.1, -0.05) is 23.7 Å². The topological polar surface area (TPSA) is 49.0 Å². The number of aromatic amines is 1. The number of amides is 1. The Labute approximate surface area is 147 Å². The number of hydrogen-bond donors (Lipinski definition) is 1. The first kappa shape index (κ1) is 15.7. The van der Waals surface area contributed by atoms with Crippen LogP contribution < -0.4 is 0 Å². The number of likely N-dealkylation sites (tertiary alicyclic amines) is 1. The molecule has 5 heteroatoms. The first-order valence-electron chi connectivity index (χ1n) is 8.68. The molecule has 2 fully saturated rings. The van der Waals surface area contributed by atoms with Crippen molar-refractivity contribution in [2.24, 2.45) is 5.92 Å². The van der Waals surface area contributed by atoms with E-state index in [9.17, 15) is 4.79 Å². The van der Waals surface area contributed by atoms with Crippen molar-refractivity contribution < 1.29 is 4.79 Å². The Balaban J connectivity index is 1.42. The van der Waals surface area contributed by atoms with Crippen LogP contribution in [0.2, 0.25) is 5.02 Å². The van der Waals surface area contributed by atoms with Crippen LogP contribution in [0.25, 0.3) is 0 Å². The van der Waals surface area contributed by atoms with Gasteiger partial charge in [0.1, 0.15) is 0 Å². The number of aryl methyl sites for hydroxylation is 1. The molecule has 1 amide bonds. The molecule has 0 unspecified atom stereocenters. The molecule has 1 saturated carbocycles. The number of carbonyl (C=O) groups excluding carboxylic acids is 1. The third-order valence-electron chi connectivity index (χ3n) is 5.26. The number of hydrogen-bond acceptors (Lipinski definition) is 2. The van der Waals surface area contributed by atoms with Gasteiger partial charge >= 0.3 is 0 Å². The number of carbonyl (C=O) groups is 1. The highest BCUT2D eigenvalue weighted by Gasteiger charge is 2.46. The maximum atomic E-state index is 12.9. The highest BCUT2D eigenvalue weighted by Crippen LogP contribution is 2.49. The second kappa shape index (κ2) is 6.25. The largest absolute Gasteiger partial charge is 0.342 e. The minimum atomic E-state index is 0.128. The minimum Gasteiger partial charge on any atom is -0.342 e. The summed E-state index contributed by atoms with van der Waals surface area (Å²) in [5.41, 5.74) is 3.36. The number of nitrogens with zero attached hydrogens (tertiary/aromatic N) is 2. The van der Waals surface area contributed by atoms with Crippen LogP contribution in [-0.2, 0) is 4.79 Å². The van der Waals surface area contributed by atoms with Crippen LogP contribution in [0, 0.1) is 12.8 Å². The molecular formula is C19H22ClN3O. The zero-order valence-corrected chi connectivity index (χ0v) is 14.6. The van der Waals surface area contributed by atoms with Crippen LogP contribution in [0.4, 0.5) is 0 Å². The second-order valence-corrected chi connectivity index (χ2v) is 7.54. The average Bonchev–Trinajstić information content (AvgIpc) is 3.28. The van der Waals surface area contributed by atoms with Crippen molar-refractivity contribution in [3.63, 3.8) is 0 Å². The van der Waals surface area contributed by atoms with Gasteiger partial charge in [-0.2, -0.15) is 5.10 Å². The zero-order valence-electron chi connectivity index (χ0n) is 13.8. The Kier molecular flexibility index (Phi) is 4.09. The van der Waals surface area contributed by atoms with Crippen LogP contribution >= 0.6 is 11.6 Å². The first-order chi connectivity index (χ1) is 11.6. The van der Waals surface area contributed by atoms with Crippen molar-refractivity contribution in [3.05, 3.63) is 52.3 Å².